The van der Waals surface area contributed by atoms with E-state index in [0.29, 0.717) is 16.4 Å². The molecule has 0 unspecified atom stereocenters. The third-order valence-corrected chi connectivity index (χ3v) is 4.77. The molecule has 0 radical (unpaired) electrons. The van der Waals surface area contributed by atoms with Crippen LogP contribution in [0.1, 0.15) is 16.1 Å². The molecule has 1 aromatic carbocycles. The van der Waals surface area contributed by atoms with Crippen molar-refractivity contribution in [2.24, 2.45) is 0 Å². The van der Waals surface area contributed by atoms with Crippen molar-refractivity contribution in [1.82, 2.24) is 9.88 Å². The minimum atomic E-state index is -0.226. The summed E-state index contributed by atoms with van der Waals surface area (Å²) in [5.41, 5.74) is 3.00. The molecule has 1 aliphatic rings. The number of anilines is 2. The van der Waals surface area contributed by atoms with Crippen LogP contribution >= 0.6 is 11.6 Å². The normalized spacial score (nSPS) is 15.4. The number of likely N-dealkylation sites (N-methyl/N-ethyl adjacent to an activating group) is 1. The SMILES string of the molecule is Cc1c(Cl)cccc1NC(=O)c1cc(N2CCN(C)CC2)ccn1. The fourth-order valence-corrected chi connectivity index (χ4v) is 2.91. The summed E-state index contributed by atoms with van der Waals surface area (Å²) in [6, 6.07) is 9.26. The molecule has 1 aromatic heterocycles. The number of aromatic nitrogens is 1. The molecule has 1 N–H and O–H groups in total. The molecule has 0 saturated carbocycles. The molecule has 2 aromatic rings. The van der Waals surface area contributed by atoms with Gasteiger partial charge in [-0.2, -0.15) is 0 Å². The third-order valence-electron chi connectivity index (χ3n) is 4.36. The average molecular weight is 345 g/mol. The summed E-state index contributed by atoms with van der Waals surface area (Å²) in [6.07, 6.45) is 1.69. The number of piperazine rings is 1. The van der Waals surface area contributed by atoms with Gasteiger partial charge >= 0.3 is 0 Å². The van der Waals surface area contributed by atoms with Crippen molar-refractivity contribution >= 4 is 28.9 Å². The van der Waals surface area contributed by atoms with E-state index < -0.39 is 0 Å². The van der Waals surface area contributed by atoms with E-state index in [1.807, 2.05) is 31.2 Å². The van der Waals surface area contributed by atoms with Gasteiger partial charge in [-0.05, 0) is 43.8 Å². The van der Waals surface area contributed by atoms with Crippen LogP contribution in [0.3, 0.4) is 0 Å². The smallest absolute Gasteiger partial charge is 0.274 e. The van der Waals surface area contributed by atoms with E-state index in [1.165, 1.54) is 0 Å². The van der Waals surface area contributed by atoms with Crippen LogP contribution in [0.4, 0.5) is 11.4 Å². The van der Waals surface area contributed by atoms with Gasteiger partial charge in [0.25, 0.3) is 5.91 Å². The number of amides is 1. The number of carbonyl (C=O) groups is 1. The van der Waals surface area contributed by atoms with Crippen LogP contribution < -0.4 is 10.2 Å². The Hall–Kier alpha value is -2.11. The van der Waals surface area contributed by atoms with E-state index in [0.717, 1.165) is 37.4 Å². The molecule has 0 spiro atoms. The molecule has 2 heterocycles. The quantitative estimate of drug-likeness (QED) is 0.929. The van der Waals surface area contributed by atoms with Gasteiger partial charge in [-0.1, -0.05) is 17.7 Å². The lowest BCUT2D eigenvalue weighted by Gasteiger charge is -2.34. The number of rotatable bonds is 3. The molecular formula is C18H21ClN4O. The molecule has 24 heavy (non-hydrogen) atoms. The maximum absolute atomic E-state index is 12.5. The topological polar surface area (TPSA) is 48.5 Å². The zero-order chi connectivity index (χ0) is 17.1. The van der Waals surface area contributed by atoms with Gasteiger partial charge < -0.3 is 15.1 Å². The minimum Gasteiger partial charge on any atom is -0.369 e. The van der Waals surface area contributed by atoms with Gasteiger partial charge in [-0.3, -0.25) is 9.78 Å². The molecule has 1 aliphatic heterocycles. The first-order valence-corrected chi connectivity index (χ1v) is 8.38. The molecular weight excluding hydrogens is 324 g/mol. The molecule has 1 amide bonds. The van der Waals surface area contributed by atoms with E-state index in [1.54, 1.807) is 12.3 Å². The summed E-state index contributed by atoms with van der Waals surface area (Å²) in [6.45, 7) is 5.83. The minimum absolute atomic E-state index is 0.226. The van der Waals surface area contributed by atoms with Gasteiger partial charge in [0.2, 0.25) is 0 Å². The first-order valence-electron chi connectivity index (χ1n) is 8.00. The third kappa shape index (κ3) is 3.68. The number of nitrogens with zero attached hydrogens (tertiary/aromatic N) is 3. The van der Waals surface area contributed by atoms with Gasteiger partial charge in [-0.15, -0.1) is 0 Å². The van der Waals surface area contributed by atoms with Crippen LogP contribution in [0.15, 0.2) is 36.5 Å². The highest BCUT2D eigenvalue weighted by molar-refractivity contribution is 6.31. The van der Waals surface area contributed by atoms with Gasteiger partial charge in [-0.25, -0.2) is 0 Å². The lowest BCUT2D eigenvalue weighted by atomic mass is 10.2. The Kier molecular flexibility index (Phi) is 5.02. The van der Waals surface area contributed by atoms with Crippen LogP contribution in [0, 0.1) is 6.92 Å². The molecule has 1 saturated heterocycles. The molecule has 6 heteroatoms. The predicted octanol–water partition coefficient (Wildman–Crippen LogP) is 3.05. The zero-order valence-corrected chi connectivity index (χ0v) is 14.7. The van der Waals surface area contributed by atoms with Gasteiger partial charge in [0.15, 0.2) is 0 Å². The van der Waals surface area contributed by atoms with E-state index in [4.69, 9.17) is 11.6 Å². The van der Waals surface area contributed by atoms with Crippen molar-refractivity contribution < 1.29 is 4.79 Å². The highest BCUT2D eigenvalue weighted by atomic mass is 35.5. The van der Waals surface area contributed by atoms with Crippen LogP contribution in [0.2, 0.25) is 5.02 Å². The van der Waals surface area contributed by atoms with E-state index in [9.17, 15) is 4.79 Å². The van der Waals surface area contributed by atoms with Crippen LogP contribution in [-0.2, 0) is 0 Å². The Morgan fingerprint density at radius 2 is 1.96 bits per heavy atom. The monoisotopic (exact) mass is 344 g/mol. The van der Waals surface area contributed by atoms with Gasteiger partial charge in [0.05, 0.1) is 0 Å². The van der Waals surface area contributed by atoms with Crippen LogP contribution in [0.5, 0.6) is 0 Å². The zero-order valence-electron chi connectivity index (χ0n) is 13.9. The summed E-state index contributed by atoms with van der Waals surface area (Å²) in [4.78, 5) is 21.3. The van der Waals surface area contributed by atoms with Gasteiger partial charge in [0, 0.05) is 48.8 Å². The molecule has 5 nitrogen and oxygen atoms in total. The van der Waals surface area contributed by atoms with Crippen LogP contribution in [0.25, 0.3) is 0 Å². The summed E-state index contributed by atoms with van der Waals surface area (Å²) >= 11 is 6.10. The largest absolute Gasteiger partial charge is 0.369 e. The molecule has 0 aliphatic carbocycles. The predicted molar refractivity (Wildman–Crippen MR) is 98.1 cm³/mol. The van der Waals surface area contributed by atoms with Crippen molar-refractivity contribution in [2.45, 2.75) is 6.92 Å². The van der Waals surface area contributed by atoms with Crippen molar-refractivity contribution in [3.05, 3.63) is 52.8 Å². The molecule has 126 valence electrons. The maximum Gasteiger partial charge on any atom is 0.274 e. The average Bonchev–Trinajstić information content (AvgIpc) is 2.60. The van der Waals surface area contributed by atoms with E-state index >= 15 is 0 Å². The summed E-state index contributed by atoms with van der Waals surface area (Å²) in [5, 5.41) is 3.52. The Bertz CT molecular complexity index is 742. The second-order valence-corrected chi connectivity index (χ2v) is 6.46. The Morgan fingerprint density at radius 3 is 2.71 bits per heavy atom. The molecule has 1 fully saturated rings. The summed E-state index contributed by atoms with van der Waals surface area (Å²) < 4.78 is 0. The standard InChI is InChI=1S/C18H21ClN4O/c1-13-15(19)4-3-5-16(13)21-18(24)17-12-14(6-7-20-17)23-10-8-22(2)9-11-23/h3-7,12H,8-11H2,1-2H3,(H,21,24). The highest BCUT2D eigenvalue weighted by Crippen LogP contribution is 2.24. The number of carbonyl (C=O) groups excluding carboxylic acids is 1. The fourth-order valence-electron chi connectivity index (χ4n) is 2.73. The number of hydrogen-bond acceptors (Lipinski definition) is 4. The van der Waals surface area contributed by atoms with Crippen molar-refractivity contribution in [3.63, 3.8) is 0 Å². The second-order valence-electron chi connectivity index (χ2n) is 6.06. The lowest BCUT2D eigenvalue weighted by Crippen LogP contribution is -2.44. The summed E-state index contributed by atoms with van der Waals surface area (Å²) in [5.74, 6) is -0.226. The molecule has 0 bridgehead atoms. The lowest BCUT2D eigenvalue weighted by molar-refractivity contribution is 0.102. The molecule has 3 rings (SSSR count). The first kappa shape index (κ1) is 16.7. The highest BCUT2D eigenvalue weighted by Gasteiger charge is 2.16. The Balaban J connectivity index is 1.76. The number of pyridine rings is 1. The number of nitrogens with one attached hydrogen (secondary N) is 1. The fraction of sp³-hybridized carbons (Fsp3) is 0.333. The number of halogens is 1. The van der Waals surface area contributed by atoms with Crippen LogP contribution in [-0.4, -0.2) is 49.0 Å². The maximum atomic E-state index is 12.5. The Morgan fingerprint density at radius 1 is 1.21 bits per heavy atom. The number of hydrogen-bond donors (Lipinski definition) is 1. The molecule has 0 atom stereocenters. The van der Waals surface area contributed by atoms with Crippen molar-refractivity contribution in [2.75, 3.05) is 43.4 Å². The Labute approximate surface area is 147 Å². The van der Waals surface area contributed by atoms with Crippen molar-refractivity contribution in [3.8, 4) is 0 Å². The van der Waals surface area contributed by atoms with Gasteiger partial charge in [0.1, 0.15) is 5.69 Å². The van der Waals surface area contributed by atoms with E-state index in [2.05, 4.69) is 27.1 Å². The van der Waals surface area contributed by atoms with E-state index in [-0.39, 0.29) is 5.91 Å². The summed E-state index contributed by atoms with van der Waals surface area (Å²) in [7, 11) is 2.12. The van der Waals surface area contributed by atoms with Crippen molar-refractivity contribution in [1.29, 1.82) is 0 Å². The second kappa shape index (κ2) is 7.20. The number of benzene rings is 1. The first-order chi connectivity index (χ1) is 11.5.